The van der Waals surface area contributed by atoms with Crippen molar-refractivity contribution in [2.24, 2.45) is 5.73 Å². The summed E-state index contributed by atoms with van der Waals surface area (Å²) >= 11 is 5.99. The summed E-state index contributed by atoms with van der Waals surface area (Å²) in [5.74, 6) is -0.708. The topological polar surface area (TPSA) is 106 Å². The van der Waals surface area contributed by atoms with Gasteiger partial charge in [0, 0.05) is 17.3 Å². The molecule has 1 amide bonds. The van der Waals surface area contributed by atoms with E-state index in [4.69, 9.17) is 23.1 Å². The summed E-state index contributed by atoms with van der Waals surface area (Å²) in [5, 5.41) is 0.267. The van der Waals surface area contributed by atoms with E-state index < -0.39 is 15.9 Å². The first-order valence-electron chi connectivity index (χ1n) is 6.54. The minimum Gasteiger partial charge on any atom is -0.398 e. The molecule has 0 unspecified atom stereocenters. The largest absolute Gasteiger partial charge is 0.398 e. The number of nitrogens with zero attached hydrogens (tertiary/aromatic N) is 1. The molecule has 0 heterocycles. The molecule has 0 bridgehead atoms. The first kappa shape index (κ1) is 17.7. The molecule has 4 N–H and O–H groups in total. The number of sulfonamides is 1. The Morgan fingerprint density at radius 2 is 2.00 bits per heavy atom. The van der Waals surface area contributed by atoms with Crippen LogP contribution >= 0.6 is 11.6 Å². The Bertz CT molecular complexity index is 609. The Kier molecular flexibility index (Phi) is 6.00. The Morgan fingerprint density at radius 1 is 1.38 bits per heavy atom. The predicted octanol–water partition coefficient (Wildman–Crippen LogP) is 1.51. The predicted molar refractivity (Wildman–Crippen MR) is 83.5 cm³/mol. The van der Waals surface area contributed by atoms with E-state index in [-0.39, 0.29) is 28.7 Å². The highest BCUT2D eigenvalue weighted by Gasteiger charge is 2.26. The van der Waals surface area contributed by atoms with Crippen LogP contribution in [0.1, 0.15) is 25.3 Å². The summed E-state index contributed by atoms with van der Waals surface area (Å²) in [6, 6.07) is 2.68. The van der Waals surface area contributed by atoms with Crippen LogP contribution in [0.15, 0.2) is 17.0 Å². The molecular weight excluding hydrogens is 314 g/mol. The number of carbonyl (C=O) groups excluding carboxylic acids is 1. The van der Waals surface area contributed by atoms with Crippen molar-refractivity contribution in [3.05, 3.63) is 22.7 Å². The Hall–Kier alpha value is -1.31. The molecule has 1 aromatic carbocycles. The number of unbranched alkanes of at least 4 members (excludes halogenated alkanes) is 1. The van der Waals surface area contributed by atoms with Crippen LogP contribution in [0.5, 0.6) is 0 Å². The number of nitrogens with two attached hydrogens (primary N) is 2. The lowest BCUT2D eigenvalue weighted by Crippen LogP contribution is -2.39. The van der Waals surface area contributed by atoms with Crippen LogP contribution in [0, 0.1) is 6.92 Å². The van der Waals surface area contributed by atoms with Gasteiger partial charge < -0.3 is 11.5 Å². The number of hydrogen-bond donors (Lipinski definition) is 2. The van der Waals surface area contributed by atoms with Crippen LogP contribution in [0.2, 0.25) is 5.02 Å². The van der Waals surface area contributed by atoms with E-state index >= 15 is 0 Å². The molecule has 1 rings (SSSR count). The smallest absolute Gasteiger partial charge is 0.243 e. The van der Waals surface area contributed by atoms with Gasteiger partial charge in [-0.05, 0) is 31.0 Å². The number of carbonyl (C=O) groups is 1. The van der Waals surface area contributed by atoms with E-state index in [1.807, 2.05) is 6.92 Å². The molecule has 0 atom stereocenters. The molecule has 8 heteroatoms. The number of anilines is 1. The summed E-state index contributed by atoms with van der Waals surface area (Å²) in [6.45, 7) is 3.48. The van der Waals surface area contributed by atoms with Crippen molar-refractivity contribution in [2.75, 3.05) is 18.8 Å². The summed E-state index contributed by atoms with van der Waals surface area (Å²) < 4.78 is 26.2. The molecule has 0 fully saturated rings. The van der Waals surface area contributed by atoms with Crippen molar-refractivity contribution in [3.63, 3.8) is 0 Å². The number of amides is 1. The van der Waals surface area contributed by atoms with Crippen LogP contribution in [0.3, 0.4) is 0 Å². The summed E-state index contributed by atoms with van der Waals surface area (Å²) in [6.07, 6.45) is 1.42. The first-order valence-corrected chi connectivity index (χ1v) is 8.36. The van der Waals surface area contributed by atoms with Crippen molar-refractivity contribution in [3.8, 4) is 0 Å². The minimum atomic E-state index is -3.86. The second-order valence-corrected chi connectivity index (χ2v) is 7.12. The van der Waals surface area contributed by atoms with E-state index in [1.54, 1.807) is 6.92 Å². The van der Waals surface area contributed by atoms with Crippen LogP contribution in [0.4, 0.5) is 5.69 Å². The molecule has 0 spiro atoms. The van der Waals surface area contributed by atoms with Gasteiger partial charge in [-0.1, -0.05) is 24.9 Å². The van der Waals surface area contributed by atoms with Crippen molar-refractivity contribution < 1.29 is 13.2 Å². The fourth-order valence-electron chi connectivity index (χ4n) is 1.76. The third-order valence-corrected chi connectivity index (χ3v) is 5.30. The molecule has 0 radical (unpaired) electrons. The maximum absolute atomic E-state index is 12.6. The number of primary amides is 1. The molecule has 6 nitrogen and oxygen atoms in total. The molecule has 21 heavy (non-hydrogen) atoms. The average Bonchev–Trinajstić information content (AvgIpc) is 2.39. The van der Waals surface area contributed by atoms with Gasteiger partial charge >= 0.3 is 0 Å². The Labute approximate surface area is 130 Å². The number of halogens is 1. The van der Waals surface area contributed by atoms with Crippen molar-refractivity contribution in [1.29, 1.82) is 0 Å². The maximum Gasteiger partial charge on any atom is 0.243 e. The van der Waals surface area contributed by atoms with E-state index in [2.05, 4.69) is 0 Å². The zero-order chi connectivity index (χ0) is 16.2. The molecule has 0 aromatic heterocycles. The van der Waals surface area contributed by atoms with E-state index in [9.17, 15) is 13.2 Å². The highest BCUT2D eigenvalue weighted by molar-refractivity contribution is 7.89. The van der Waals surface area contributed by atoms with Gasteiger partial charge in [-0.3, -0.25) is 4.79 Å². The minimum absolute atomic E-state index is 0.0343. The normalized spacial score (nSPS) is 11.8. The van der Waals surface area contributed by atoms with Crippen LogP contribution in [-0.2, 0) is 14.8 Å². The van der Waals surface area contributed by atoms with Crippen LogP contribution < -0.4 is 11.5 Å². The molecule has 0 aliphatic heterocycles. The zero-order valence-electron chi connectivity index (χ0n) is 12.1. The Morgan fingerprint density at radius 3 is 2.48 bits per heavy atom. The molecule has 0 aliphatic carbocycles. The fraction of sp³-hybridized carbons (Fsp3) is 0.462. The van der Waals surface area contributed by atoms with Crippen molar-refractivity contribution in [1.82, 2.24) is 4.31 Å². The average molecular weight is 334 g/mol. The lowest BCUT2D eigenvalue weighted by molar-refractivity contribution is -0.118. The van der Waals surface area contributed by atoms with Crippen LogP contribution in [-0.4, -0.2) is 31.7 Å². The van der Waals surface area contributed by atoms with Crippen LogP contribution in [0.25, 0.3) is 0 Å². The van der Waals surface area contributed by atoms with Gasteiger partial charge in [0.05, 0.1) is 11.4 Å². The third-order valence-electron chi connectivity index (χ3n) is 3.09. The van der Waals surface area contributed by atoms with E-state index in [1.165, 1.54) is 12.1 Å². The maximum atomic E-state index is 12.6. The van der Waals surface area contributed by atoms with E-state index in [0.717, 1.165) is 10.7 Å². The quantitative estimate of drug-likeness (QED) is 0.737. The summed E-state index contributed by atoms with van der Waals surface area (Å²) in [5.41, 5.74) is 11.8. The second-order valence-electron chi connectivity index (χ2n) is 4.78. The van der Waals surface area contributed by atoms with Gasteiger partial charge in [-0.15, -0.1) is 0 Å². The van der Waals surface area contributed by atoms with E-state index in [0.29, 0.717) is 12.0 Å². The number of benzene rings is 1. The zero-order valence-corrected chi connectivity index (χ0v) is 13.7. The molecule has 1 aromatic rings. The number of nitrogen functional groups attached to an aromatic ring is 1. The van der Waals surface area contributed by atoms with Gasteiger partial charge in [-0.2, -0.15) is 4.31 Å². The lowest BCUT2D eigenvalue weighted by atomic mass is 10.2. The van der Waals surface area contributed by atoms with Gasteiger partial charge in [0.15, 0.2) is 0 Å². The number of rotatable bonds is 7. The summed E-state index contributed by atoms with van der Waals surface area (Å²) in [7, 11) is -3.86. The molecule has 118 valence electrons. The highest BCUT2D eigenvalue weighted by Crippen LogP contribution is 2.27. The molecule has 0 aliphatic rings. The number of hydrogen-bond acceptors (Lipinski definition) is 4. The Balaban J connectivity index is 3.24. The molecule has 0 saturated carbocycles. The standard InChI is InChI=1S/C13H20ClN3O3S/c1-3-4-5-17(8-13(16)18)21(19,20)10-6-11(14)9(2)12(15)7-10/h6-7H,3-5,8,15H2,1-2H3,(H2,16,18). The van der Waals surface area contributed by atoms with Crippen molar-refractivity contribution in [2.45, 2.75) is 31.6 Å². The van der Waals surface area contributed by atoms with Gasteiger partial charge in [0.25, 0.3) is 0 Å². The molecular formula is C13H20ClN3O3S. The summed E-state index contributed by atoms with van der Waals surface area (Å²) in [4.78, 5) is 11.1. The third kappa shape index (κ3) is 4.33. The molecule has 0 saturated heterocycles. The van der Waals surface area contributed by atoms with Crippen molar-refractivity contribution >= 4 is 33.2 Å². The highest BCUT2D eigenvalue weighted by atomic mass is 35.5. The lowest BCUT2D eigenvalue weighted by Gasteiger charge is -2.21. The van der Waals surface area contributed by atoms with Gasteiger partial charge in [0.2, 0.25) is 15.9 Å². The van der Waals surface area contributed by atoms with Gasteiger partial charge in [-0.25, -0.2) is 8.42 Å². The van der Waals surface area contributed by atoms with Gasteiger partial charge in [0.1, 0.15) is 0 Å². The monoisotopic (exact) mass is 333 g/mol. The SMILES string of the molecule is CCCCN(CC(N)=O)S(=O)(=O)c1cc(N)c(C)c(Cl)c1. The first-order chi connectivity index (χ1) is 9.70. The fourth-order valence-corrected chi connectivity index (χ4v) is 3.56. The second kappa shape index (κ2) is 7.11.